The Morgan fingerprint density at radius 1 is 1.25 bits per heavy atom. The number of aryl methyl sites for hydroxylation is 1. The zero-order valence-electron chi connectivity index (χ0n) is 11.7. The number of nitrogens with one attached hydrogen (secondary N) is 2. The van der Waals surface area contributed by atoms with E-state index in [0.29, 0.717) is 5.95 Å². The molecule has 0 fully saturated rings. The highest BCUT2D eigenvalue weighted by atomic mass is 16.5. The summed E-state index contributed by atoms with van der Waals surface area (Å²) in [6.07, 6.45) is 2.71. The predicted octanol–water partition coefficient (Wildman–Crippen LogP) is 2.60. The number of benzene rings is 1. The molecule has 0 amide bonds. The summed E-state index contributed by atoms with van der Waals surface area (Å²) in [5.74, 6) is 7.27. The third kappa shape index (κ3) is 3.58. The lowest BCUT2D eigenvalue weighted by molar-refractivity contribution is 0.317. The van der Waals surface area contributed by atoms with Crippen molar-refractivity contribution in [3.63, 3.8) is 0 Å². The SMILES string of the molecule is CCCOc1ccc(Nc2nc(NN)ncc2C)cc1. The molecular formula is C14H19N5O. The van der Waals surface area contributed by atoms with Crippen LogP contribution in [-0.4, -0.2) is 16.6 Å². The molecular weight excluding hydrogens is 254 g/mol. The normalized spacial score (nSPS) is 10.2. The van der Waals surface area contributed by atoms with Crippen molar-refractivity contribution in [2.45, 2.75) is 20.3 Å². The van der Waals surface area contributed by atoms with E-state index in [1.54, 1.807) is 6.20 Å². The standard InChI is InChI=1S/C14H19N5O/c1-3-8-20-12-6-4-11(5-7-12)17-13-10(2)9-16-14(18-13)19-15/h4-7,9H,3,8,15H2,1-2H3,(H2,16,17,18,19). The van der Waals surface area contributed by atoms with Crippen LogP contribution in [-0.2, 0) is 0 Å². The minimum atomic E-state index is 0.376. The summed E-state index contributed by atoms with van der Waals surface area (Å²) < 4.78 is 5.54. The van der Waals surface area contributed by atoms with E-state index >= 15 is 0 Å². The molecule has 2 rings (SSSR count). The summed E-state index contributed by atoms with van der Waals surface area (Å²) in [6, 6.07) is 7.75. The minimum Gasteiger partial charge on any atom is -0.494 e. The first-order valence-corrected chi connectivity index (χ1v) is 6.53. The van der Waals surface area contributed by atoms with Crippen molar-refractivity contribution in [3.8, 4) is 5.75 Å². The van der Waals surface area contributed by atoms with Gasteiger partial charge in [-0.3, -0.25) is 5.43 Å². The number of anilines is 3. The summed E-state index contributed by atoms with van der Waals surface area (Å²) in [5.41, 5.74) is 4.30. The Hall–Kier alpha value is -2.34. The molecule has 0 aliphatic heterocycles. The van der Waals surface area contributed by atoms with Crippen LogP contribution in [0, 0.1) is 6.92 Å². The van der Waals surface area contributed by atoms with E-state index in [1.807, 2.05) is 31.2 Å². The maximum Gasteiger partial charge on any atom is 0.239 e. The second kappa shape index (κ2) is 6.72. The number of nitrogens with zero attached hydrogens (tertiary/aromatic N) is 2. The van der Waals surface area contributed by atoms with Gasteiger partial charge in [-0.2, -0.15) is 4.98 Å². The van der Waals surface area contributed by atoms with Gasteiger partial charge in [-0.15, -0.1) is 0 Å². The Balaban J connectivity index is 2.09. The topological polar surface area (TPSA) is 85.1 Å². The molecule has 1 aromatic heterocycles. The number of rotatable bonds is 6. The molecule has 1 aromatic carbocycles. The van der Waals surface area contributed by atoms with E-state index in [0.717, 1.165) is 35.8 Å². The highest BCUT2D eigenvalue weighted by Crippen LogP contribution is 2.21. The first kappa shape index (κ1) is 14.1. The molecule has 6 heteroatoms. The van der Waals surface area contributed by atoms with Crippen molar-refractivity contribution in [2.75, 3.05) is 17.3 Å². The Kier molecular flexibility index (Phi) is 4.73. The lowest BCUT2D eigenvalue weighted by Gasteiger charge is -2.10. The minimum absolute atomic E-state index is 0.376. The molecule has 0 saturated heterocycles. The second-order valence-corrected chi connectivity index (χ2v) is 4.37. The molecule has 0 spiro atoms. The van der Waals surface area contributed by atoms with Crippen LogP contribution in [0.5, 0.6) is 5.75 Å². The lowest BCUT2D eigenvalue weighted by Crippen LogP contribution is -2.11. The fraction of sp³-hybridized carbons (Fsp3) is 0.286. The van der Waals surface area contributed by atoms with Crippen LogP contribution < -0.4 is 21.3 Å². The monoisotopic (exact) mass is 273 g/mol. The molecule has 1 heterocycles. The van der Waals surface area contributed by atoms with Gasteiger partial charge in [-0.05, 0) is 37.6 Å². The molecule has 106 valence electrons. The molecule has 0 atom stereocenters. The molecule has 0 unspecified atom stereocenters. The fourth-order valence-corrected chi connectivity index (χ4v) is 1.63. The van der Waals surface area contributed by atoms with E-state index in [4.69, 9.17) is 10.6 Å². The van der Waals surface area contributed by atoms with Crippen molar-refractivity contribution < 1.29 is 4.74 Å². The number of aromatic nitrogens is 2. The van der Waals surface area contributed by atoms with Crippen LogP contribution in [0.2, 0.25) is 0 Å². The van der Waals surface area contributed by atoms with E-state index in [1.165, 1.54) is 0 Å². The van der Waals surface area contributed by atoms with Gasteiger partial charge in [-0.25, -0.2) is 10.8 Å². The number of nitrogen functional groups attached to an aromatic ring is 1. The van der Waals surface area contributed by atoms with Gasteiger partial charge in [0.15, 0.2) is 0 Å². The van der Waals surface area contributed by atoms with Crippen molar-refractivity contribution in [2.24, 2.45) is 5.84 Å². The van der Waals surface area contributed by atoms with Crippen molar-refractivity contribution in [1.29, 1.82) is 0 Å². The smallest absolute Gasteiger partial charge is 0.239 e. The zero-order chi connectivity index (χ0) is 14.4. The molecule has 0 aliphatic rings. The van der Waals surface area contributed by atoms with Gasteiger partial charge in [0.25, 0.3) is 0 Å². The largest absolute Gasteiger partial charge is 0.494 e. The molecule has 6 nitrogen and oxygen atoms in total. The van der Waals surface area contributed by atoms with E-state index in [-0.39, 0.29) is 0 Å². The second-order valence-electron chi connectivity index (χ2n) is 4.37. The summed E-state index contributed by atoms with van der Waals surface area (Å²) in [5, 5.41) is 3.23. The Morgan fingerprint density at radius 2 is 2.00 bits per heavy atom. The molecule has 0 aliphatic carbocycles. The van der Waals surface area contributed by atoms with Gasteiger partial charge in [-0.1, -0.05) is 6.92 Å². The number of ether oxygens (including phenoxy) is 1. The first-order valence-electron chi connectivity index (χ1n) is 6.53. The molecule has 0 radical (unpaired) electrons. The number of hydrazine groups is 1. The number of hydrogen-bond acceptors (Lipinski definition) is 6. The average molecular weight is 273 g/mol. The Morgan fingerprint density at radius 3 is 2.65 bits per heavy atom. The van der Waals surface area contributed by atoms with Gasteiger partial charge in [0.2, 0.25) is 5.95 Å². The zero-order valence-corrected chi connectivity index (χ0v) is 11.7. The molecule has 0 bridgehead atoms. The van der Waals surface area contributed by atoms with Gasteiger partial charge in [0.1, 0.15) is 11.6 Å². The van der Waals surface area contributed by atoms with Crippen molar-refractivity contribution in [3.05, 3.63) is 36.0 Å². The molecule has 4 N–H and O–H groups in total. The van der Waals surface area contributed by atoms with E-state index in [9.17, 15) is 0 Å². The van der Waals surface area contributed by atoms with Gasteiger partial charge in [0.05, 0.1) is 6.61 Å². The highest BCUT2D eigenvalue weighted by Gasteiger charge is 2.03. The predicted molar refractivity (Wildman–Crippen MR) is 80.1 cm³/mol. The van der Waals surface area contributed by atoms with Crippen molar-refractivity contribution in [1.82, 2.24) is 9.97 Å². The average Bonchev–Trinajstić information content (AvgIpc) is 2.49. The summed E-state index contributed by atoms with van der Waals surface area (Å²) in [7, 11) is 0. The lowest BCUT2D eigenvalue weighted by atomic mass is 10.3. The quantitative estimate of drug-likeness (QED) is 0.554. The van der Waals surface area contributed by atoms with Crippen LogP contribution in [0.3, 0.4) is 0 Å². The molecule has 2 aromatic rings. The third-order valence-electron chi connectivity index (χ3n) is 2.69. The van der Waals surface area contributed by atoms with Gasteiger partial charge < -0.3 is 10.1 Å². The van der Waals surface area contributed by atoms with Crippen LogP contribution in [0.4, 0.5) is 17.5 Å². The van der Waals surface area contributed by atoms with E-state index < -0.39 is 0 Å². The highest BCUT2D eigenvalue weighted by molar-refractivity contribution is 5.60. The number of hydrogen-bond donors (Lipinski definition) is 3. The van der Waals surface area contributed by atoms with Crippen LogP contribution in [0.15, 0.2) is 30.5 Å². The van der Waals surface area contributed by atoms with Gasteiger partial charge in [0, 0.05) is 17.4 Å². The van der Waals surface area contributed by atoms with Crippen LogP contribution in [0.25, 0.3) is 0 Å². The first-order chi connectivity index (χ1) is 9.72. The van der Waals surface area contributed by atoms with Crippen LogP contribution in [0.1, 0.15) is 18.9 Å². The third-order valence-corrected chi connectivity index (χ3v) is 2.69. The summed E-state index contributed by atoms with van der Waals surface area (Å²) in [4.78, 5) is 8.31. The molecule has 0 saturated carbocycles. The maximum absolute atomic E-state index is 5.54. The van der Waals surface area contributed by atoms with Crippen molar-refractivity contribution >= 4 is 17.5 Å². The Labute approximate surface area is 118 Å². The number of nitrogens with two attached hydrogens (primary N) is 1. The maximum atomic E-state index is 5.54. The van der Waals surface area contributed by atoms with Gasteiger partial charge >= 0.3 is 0 Å². The van der Waals surface area contributed by atoms with E-state index in [2.05, 4.69) is 27.6 Å². The Bertz CT molecular complexity index is 556. The summed E-state index contributed by atoms with van der Waals surface area (Å²) in [6.45, 7) is 4.74. The summed E-state index contributed by atoms with van der Waals surface area (Å²) >= 11 is 0. The fourth-order valence-electron chi connectivity index (χ4n) is 1.63. The molecule has 20 heavy (non-hydrogen) atoms. The van der Waals surface area contributed by atoms with Crippen LogP contribution >= 0.6 is 0 Å².